The van der Waals surface area contributed by atoms with Crippen LogP contribution in [0.15, 0.2) is 57.7 Å². The maximum atomic E-state index is 12.1. The van der Waals surface area contributed by atoms with Crippen molar-refractivity contribution in [3.63, 3.8) is 0 Å². The molecule has 2 aromatic carbocycles. The van der Waals surface area contributed by atoms with Crippen molar-refractivity contribution in [1.82, 2.24) is 0 Å². The monoisotopic (exact) mass is 280 g/mol. The molecule has 21 heavy (non-hydrogen) atoms. The highest BCUT2D eigenvalue weighted by Gasteiger charge is 2.07. The summed E-state index contributed by atoms with van der Waals surface area (Å²) >= 11 is 0. The molecule has 0 radical (unpaired) electrons. The fourth-order valence-corrected chi connectivity index (χ4v) is 2.41. The Balaban J connectivity index is 2.09. The molecule has 3 nitrogen and oxygen atoms in total. The summed E-state index contributed by atoms with van der Waals surface area (Å²) < 4.78 is 5.75. The number of phenols is 1. The second-order valence-corrected chi connectivity index (χ2v) is 5.10. The predicted octanol–water partition coefficient (Wildman–Crippen LogP) is 4.12. The molecule has 0 bridgehead atoms. The zero-order valence-corrected chi connectivity index (χ0v) is 11.8. The highest BCUT2D eigenvalue weighted by molar-refractivity contribution is 5.79. The molecule has 3 rings (SSSR count). The first-order chi connectivity index (χ1) is 10.2. The maximum absolute atomic E-state index is 12.1. The molecule has 0 aliphatic heterocycles. The number of rotatable bonds is 3. The van der Waals surface area contributed by atoms with Crippen molar-refractivity contribution < 1.29 is 9.52 Å². The van der Waals surface area contributed by atoms with E-state index in [1.54, 1.807) is 6.07 Å². The van der Waals surface area contributed by atoms with Gasteiger partial charge in [-0.05, 0) is 24.1 Å². The van der Waals surface area contributed by atoms with Crippen molar-refractivity contribution in [3.05, 3.63) is 64.3 Å². The summed E-state index contributed by atoms with van der Waals surface area (Å²) in [5.41, 5.74) is 2.42. The van der Waals surface area contributed by atoms with E-state index in [2.05, 4.69) is 6.92 Å². The van der Waals surface area contributed by atoms with E-state index in [1.807, 2.05) is 24.3 Å². The van der Waals surface area contributed by atoms with Crippen LogP contribution in [0.4, 0.5) is 0 Å². The molecule has 1 heterocycles. The molecule has 0 unspecified atom stereocenters. The first kappa shape index (κ1) is 13.4. The summed E-state index contributed by atoms with van der Waals surface area (Å²) in [4.78, 5) is 12.1. The third-order valence-corrected chi connectivity index (χ3v) is 3.49. The molecule has 1 N–H and O–H groups in total. The lowest BCUT2D eigenvalue weighted by Gasteiger charge is -2.05. The van der Waals surface area contributed by atoms with Gasteiger partial charge in [-0.15, -0.1) is 0 Å². The van der Waals surface area contributed by atoms with Crippen LogP contribution in [0.5, 0.6) is 5.75 Å². The van der Waals surface area contributed by atoms with Crippen LogP contribution < -0.4 is 5.43 Å². The Morgan fingerprint density at radius 3 is 2.52 bits per heavy atom. The number of aromatic hydroxyl groups is 1. The van der Waals surface area contributed by atoms with E-state index >= 15 is 0 Å². The van der Waals surface area contributed by atoms with Crippen molar-refractivity contribution in [1.29, 1.82) is 0 Å². The predicted molar refractivity (Wildman–Crippen MR) is 83.6 cm³/mol. The molecule has 106 valence electrons. The highest BCUT2D eigenvalue weighted by atomic mass is 16.3. The van der Waals surface area contributed by atoms with E-state index in [0.29, 0.717) is 16.7 Å². The molecular formula is C18H16O3. The first-order valence-corrected chi connectivity index (χ1v) is 7.03. The van der Waals surface area contributed by atoms with Crippen LogP contribution in [0, 0.1) is 0 Å². The van der Waals surface area contributed by atoms with Crippen LogP contribution in [0.3, 0.4) is 0 Å². The van der Waals surface area contributed by atoms with E-state index < -0.39 is 0 Å². The molecular weight excluding hydrogens is 264 g/mol. The van der Waals surface area contributed by atoms with Gasteiger partial charge in [-0.2, -0.15) is 0 Å². The van der Waals surface area contributed by atoms with Gasteiger partial charge in [-0.25, -0.2) is 0 Å². The molecule has 0 spiro atoms. The van der Waals surface area contributed by atoms with Crippen molar-refractivity contribution in [3.8, 4) is 17.1 Å². The maximum Gasteiger partial charge on any atom is 0.193 e. The smallest absolute Gasteiger partial charge is 0.193 e. The second kappa shape index (κ2) is 5.44. The van der Waals surface area contributed by atoms with Crippen LogP contribution in [-0.4, -0.2) is 5.11 Å². The number of hydrogen-bond donors (Lipinski definition) is 1. The molecule has 3 aromatic rings. The summed E-state index contributed by atoms with van der Waals surface area (Å²) in [6.45, 7) is 2.14. The minimum atomic E-state index is -0.108. The molecule has 1 aromatic heterocycles. The van der Waals surface area contributed by atoms with Crippen molar-refractivity contribution in [2.45, 2.75) is 19.8 Å². The van der Waals surface area contributed by atoms with Crippen LogP contribution in [0.2, 0.25) is 0 Å². The molecule has 0 amide bonds. The van der Waals surface area contributed by atoms with Gasteiger partial charge in [0, 0.05) is 17.7 Å². The SMILES string of the molecule is CCCc1ccc(-c2cc(=O)c3ccc(O)cc3o2)cc1. The lowest BCUT2D eigenvalue weighted by Crippen LogP contribution is -2.00. The summed E-state index contributed by atoms with van der Waals surface area (Å²) in [5, 5.41) is 9.99. The summed E-state index contributed by atoms with van der Waals surface area (Å²) in [6, 6.07) is 14.0. The van der Waals surface area contributed by atoms with E-state index in [0.717, 1.165) is 18.4 Å². The third-order valence-electron chi connectivity index (χ3n) is 3.49. The van der Waals surface area contributed by atoms with E-state index in [9.17, 15) is 9.90 Å². The topological polar surface area (TPSA) is 50.4 Å². The fourth-order valence-electron chi connectivity index (χ4n) is 2.41. The third kappa shape index (κ3) is 2.68. The summed E-state index contributed by atoms with van der Waals surface area (Å²) in [7, 11) is 0. The number of aryl methyl sites for hydroxylation is 1. The second-order valence-electron chi connectivity index (χ2n) is 5.10. The highest BCUT2D eigenvalue weighted by Crippen LogP contribution is 2.24. The van der Waals surface area contributed by atoms with E-state index in [4.69, 9.17) is 4.42 Å². The molecule has 3 heteroatoms. The van der Waals surface area contributed by atoms with Crippen LogP contribution in [-0.2, 0) is 6.42 Å². The Morgan fingerprint density at radius 1 is 1.05 bits per heavy atom. The van der Waals surface area contributed by atoms with E-state index in [1.165, 1.54) is 23.8 Å². The van der Waals surface area contributed by atoms with Gasteiger partial charge in [0.15, 0.2) is 5.43 Å². The number of benzene rings is 2. The van der Waals surface area contributed by atoms with Gasteiger partial charge in [0.1, 0.15) is 17.1 Å². The lowest BCUT2D eigenvalue weighted by molar-refractivity contribution is 0.474. The average Bonchev–Trinajstić information content (AvgIpc) is 2.48. The summed E-state index contributed by atoms with van der Waals surface area (Å²) in [6.07, 6.45) is 2.14. The minimum Gasteiger partial charge on any atom is -0.508 e. The van der Waals surface area contributed by atoms with Gasteiger partial charge >= 0.3 is 0 Å². The Morgan fingerprint density at radius 2 is 1.81 bits per heavy atom. The summed E-state index contributed by atoms with van der Waals surface area (Å²) in [5.74, 6) is 0.599. The molecule has 0 atom stereocenters. The van der Waals surface area contributed by atoms with Crippen LogP contribution in [0.25, 0.3) is 22.3 Å². The van der Waals surface area contributed by atoms with Crippen LogP contribution in [0.1, 0.15) is 18.9 Å². The van der Waals surface area contributed by atoms with Crippen molar-refractivity contribution in [2.75, 3.05) is 0 Å². The van der Waals surface area contributed by atoms with Gasteiger partial charge in [0.05, 0.1) is 5.39 Å². The lowest BCUT2D eigenvalue weighted by atomic mass is 10.1. The average molecular weight is 280 g/mol. The quantitative estimate of drug-likeness (QED) is 0.785. The molecule has 0 aliphatic carbocycles. The van der Waals surface area contributed by atoms with Gasteiger partial charge < -0.3 is 9.52 Å². The zero-order valence-electron chi connectivity index (χ0n) is 11.8. The Bertz CT molecular complexity index is 829. The van der Waals surface area contributed by atoms with Gasteiger partial charge in [-0.1, -0.05) is 37.6 Å². The van der Waals surface area contributed by atoms with Crippen LogP contribution >= 0.6 is 0 Å². The fraction of sp³-hybridized carbons (Fsp3) is 0.167. The number of fused-ring (bicyclic) bond motifs is 1. The molecule has 0 saturated heterocycles. The van der Waals surface area contributed by atoms with E-state index in [-0.39, 0.29) is 11.2 Å². The van der Waals surface area contributed by atoms with Gasteiger partial charge in [-0.3, -0.25) is 4.79 Å². The largest absolute Gasteiger partial charge is 0.508 e. The Hall–Kier alpha value is -2.55. The first-order valence-electron chi connectivity index (χ1n) is 7.03. The number of phenolic OH excluding ortho intramolecular Hbond substituents is 1. The number of hydrogen-bond acceptors (Lipinski definition) is 3. The zero-order chi connectivity index (χ0) is 14.8. The standard InChI is InChI=1S/C18H16O3/c1-2-3-12-4-6-13(7-5-12)17-11-16(20)15-9-8-14(19)10-18(15)21-17/h4-11,19H,2-3H2,1H3. The van der Waals surface area contributed by atoms with Gasteiger partial charge in [0.25, 0.3) is 0 Å². The molecule has 0 fully saturated rings. The van der Waals surface area contributed by atoms with Gasteiger partial charge in [0.2, 0.25) is 0 Å². The van der Waals surface area contributed by atoms with Crippen molar-refractivity contribution >= 4 is 11.0 Å². The minimum absolute atomic E-state index is 0.0843. The molecule has 0 saturated carbocycles. The molecule has 0 aliphatic rings. The Labute approximate surface area is 122 Å². The van der Waals surface area contributed by atoms with Crippen molar-refractivity contribution in [2.24, 2.45) is 0 Å². The Kier molecular flexibility index (Phi) is 3.48. The normalized spacial score (nSPS) is 10.9.